The fourth-order valence-corrected chi connectivity index (χ4v) is 2.30. The van der Waals surface area contributed by atoms with E-state index in [2.05, 4.69) is 9.97 Å². The molecule has 0 fully saturated rings. The van der Waals surface area contributed by atoms with Crippen LogP contribution in [0.15, 0.2) is 23.8 Å². The quantitative estimate of drug-likeness (QED) is 0.856. The zero-order valence-electron chi connectivity index (χ0n) is 8.80. The maximum absolute atomic E-state index is 10.7. The molecule has 16 heavy (non-hydrogen) atoms. The topological polar surface area (TPSA) is 66.0 Å². The van der Waals surface area contributed by atoms with E-state index in [0.29, 0.717) is 6.42 Å². The molecule has 2 rings (SSSR count). The highest BCUT2D eigenvalue weighted by Gasteiger charge is 2.14. The van der Waals surface area contributed by atoms with Gasteiger partial charge in [-0.3, -0.25) is 4.79 Å². The summed E-state index contributed by atoms with van der Waals surface area (Å²) in [6.07, 6.45) is 4.21. The first-order valence-electron chi connectivity index (χ1n) is 4.97. The first kappa shape index (κ1) is 10.9. The number of rotatable bonds is 4. The van der Waals surface area contributed by atoms with E-state index in [4.69, 9.17) is 5.11 Å². The smallest absolute Gasteiger partial charge is 0.306 e. The predicted molar refractivity (Wildman–Crippen MR) is 62.4 cm³/mol. The van der Waals surface area contributed by atoms with Gasteiger partial charge in [0.15, 0.2) is 0 Å². The van der Waals surface area contributed by atoms with Crippen LogP contribution in [0.3, 0.4) is 0 Å². The maximum Gasteiger partial charge on any atom is 0.306 e. The molecule has 0 aromatic carbocycles. The second-order valence-electron chi connectivity index (χ2n) is 3.67. The van der Waals surface area contributed by atoms with E-state index in [9.17, 15) is 4.79 Å². The first-order valence-corrected chi connectivity index (χ1v) is 5.85. The van der Waals surface area contributed by atoms with E-state index in [1.165, 1.54) is 11.3 Å². The molecule has 2 aromatic heterocycles. The molecule has 0 aliphatic rings. The monoisotopic (exact) mass is 236 g/mol. The van der Waals surface area contributed by atoms with E-state index >= 15 is 0 Å². The van der Waals surface area contributed by atoms with Gasteiger partial charge in [-0.25, -0.2) is 4.98 Å². The summed E-state index contributed by atoms with van der Waals surface area (Å²) >= 11 is 1.51. The van der Waals surface area contributed by atoms with Gasteiger partial charge in [0.1, 0.15) is 0 Å². The molecule has 0 amide bonds. The number of aromatic nitrogens is 2. The molecule has 84 valence electrons. The minimum absolute atomic E-state index is 0.384. The summed E-state index contributed by atoms with van der Waals surface area (Å²) in [5, 5.41) is 11.6. The summed E-state index contributed by atoms with van der Waals surface area (Å²) in [7, 11) is 0. The molecule has 2 aromatic rings. The normalized spacial score (nSPS) is 12.6. The zero-order chi connectivity index (χ0) is 11.5. The van der Waals surface area contributed by atoms with Crippen molar-refractivity contribution in [2.75, 3.05) is 0 Å². The maximum atomic E-state index is 10.7. The Morgan fingerprint density at radius 2 is 2.50 bits per heavy atom. The molecule has 0 saturated carbocycles. The van der Waals surface area contributed by atoms with Crippen LogP contribution in [0.5, 0.6) is 0 Å². The number of aliphatic carboxylic acids is 1. The summed E-state index contributed by atoms with van der Waals surface area (Å²) in [5.74, 6) is -1.16. The standard InChI is InChI=1S/C11H12N2O2S/c1-7(11(14)15)4-10-13-9(6-16-10)8-2-3-12-5-8/h2-3,5-7,12H,4H2,1H3,(H,14,15). The van der Waals surface area contributed by atoms with Gasteiger partial charge < -0.3 is 10.1 Å². The van der Waals surface area contributed by atoms with Crippen molar-refractivity contribution in [3.05, 3.63) is 28.8 Å². The van der Waals surface area contributed by atoms with Crippen molar-refractivity contribution in [2.45, 2.75) is 13.3 Å². The molecule has 0 spiro atoms. The lowest BCUT2D eigenvalue weighted by Gasteiger charge is -2.01. The highest BCUT2D eigenvalue weighted by atomic mass is 32.1. The van der Waals surface area contributed by atoms with Crippen LogP contribution in [0.1, 0.15) is 11.9 Å². The first-order chi connectivity index (χ1) is 7.66. The van der Waals surface area contributed by atoms with Crippen molar-refractivity contribution in [3.8, 4) is 11.3 Å². The van der Waals surface area contributed by atoms with Gasteiger partial charge in [0.2, 0.25) is 0 Å². The van der Waals surface area contributed by atoms with Crippen LogP contribution in [0.4, 0.5) is 0 Å². The minimum Gasteiger partial charge on any atom is -0.481 e. The predicted octanol–water partition coefficient (Wildman–Crippen LogP) is 2.40. The fourth-order valence-electron chi connectivity index (χ4n) is 1.37. The molecule has 2 N–H and O–H groups in total. The second-order valence-corrected chi connectivity index (χ2v) is 4.61. The van der Waals surface area contributed by atoms with Crippen molar-refractivity contribution in [3.63, 3.8) is 0 Å². The lowest BCUT2D eigenvalue weighted by atomic mass is 10.1. The van der Waals surface area contributed by atoms with Crippen molar-refractivity contribution in [1.82, 2.24) is 9.97 Å². The van der Waals surface area contributed by atoms with Crippen LogP contribution in [-0.2, 0) is 11.2 Å². The molecule has 5 heteroatoms. The number of aromatic amines is 1. The van der Waals surface area contributed by atoms with Crippen molar-refractivity contribution in [2.24, 2.45) is 5.92 Å². The van der Waals surface area contributed by atoms with Crippen LogP contribution < -0.4 is 0 Å². The molecular weight excluding hydrogens is 224 g/mol. The second kappa shape index (κ2) is 4.49. The van der Waals surface area contributed by atoms with Gasteiger partial charge in [-0.05, 0) is 6.07 Å². The number of hydrogen-bond donors (Lipinski definition) is 2. The largest absolute Gasteiger partial charge is 0.481 e. The Hall–Kier alpha value is -1.62. The lowest BCUT2D eigenvalue weighted by Crippen LogP contribution is -2.11. The van der Waals surface area contributed by atoms with Crippen molar-refractivity contribution in [1.29, 1.82) is 0 Å². The van der Waals surface area contributed by atoms with Gasteiger partial charge in [-0.15, -0.1) is 11.3 Å². The van der Waals surface area contributed by atoms with Crippen molar-refractivity contribution < 1.29 is 9.90 Å². The van der Waals surface area contributed by atoms with Gasteiger partial charge in [0, 0.05) is 29.8 Å². The average molecular weight is 236 g/mol. The minimum atomic E-state index is -0.779. The highest BCUT2D eigenvalue weighted by molar-refractivity contribution is 7.09. The van der Waals surface area contributed by atoms with E-state index in [-0.39, 0.29) is 5.92 Å². The van der Waals surface area contributed by atoms with Crippen LogP contribution in [0, 0.1) is 5.92 Å². The summed E-state index contributed by atoms with van der Waals surface area (Å²) in [6, 6.07) is 1.94. The van der Waals surface area contributed by atoms with Crippen LogP contribution in [-0.4, -0.2) is 21.0 Å². The van der Waals surface area contributed by atoms with Gasteiger partial charge in [-0.1, -0.05) is 6.92 Å². The van der Waals surface area contributed by atoms with Gasteiger partial charge in [0.05, 0.1) is 16.6 Å². The number of carboxylic acid groups (broad SMARTS) is 1. The lowest BCUT2D eigenvalue weighted by molar-refractivity contribution is -0.141. The molecule has 0 saturated heterocycles. The third kappa shape index (κ3) is 2.30. The molecular formula is C11H12N2O2S. The molecule has 0 bridgehead atoms. The molecule has 0 aliphatic heterocycles. The number of hydrogen-bond acceptors (Lipinski definition) is 3. The third-order valence-electron chi connectivity index (χ3n) is 2.35. The number of nitrogens with zero attached hydrogens (tertiary/aromatic N) is 1. The summed E-state index contributed by atoms with van der Waals surface area (Å²) in [5.41, 5.74) is 1.93. The third-order valence-corrected chi connectivity index (χ3v) is 3.22. The summed E-state index contributed by atoms with van der Waals surface area (Å²) < 4.78 is 0. The van der Waals surface area contributed by atoms with E-state index < -0.39 is 5.97 Å². The van der Waals surface area contributed by atoms with Crippen LogP contribution in [0.25, 0.3) is 11.3 Å². The van der Waals surface area contributed by atoms with E-state index in [1.807, 2.05) is 23.8 Å². The number of nitrogens with one attached hydrogen (secondary N) is 1. The SMILES string of the molecule is CC(Cc1nc(-c2cc[nH]c2)cs1)C(=O)O. The highest BCUT2D eigenvalue weighted by Crippen LogP contribution is 2.22. The van der Waals surface area contributed by atoms with Crippen LogP contribution >= 0.6 is 11.3 Å². The molecule has 0 aliphatic carbocycles. The van der Waals surface area contributed by atoms with E-state index in [0.717, 1.165) is 16.3 Å². The van der Waals surface area contributed by atoms with Crippen LogP contribution in [0.2, 0.25) is 0 Å². The molecule has 4 nitrogen and oxygen atoms in total. The Morgan fingerprint density at radius 3 is 3.12 bits per heavy atom. The number of carbonyl (C=O) groups is 1. The summed E-state index contributed by atoms with van der Waals surface area (Å²) in [6.45, 7) is 1.69. The molecule has 1 atom stereocenters. The van der Waals surface area contributed by atoms with E-state index in [1.54, 1.807) is 6.92 Å². The van der Waals surface area contributed by atoms with Crippen molar-refractivity contribution >= 4 is 17.3 Å². The Bertz CT molecular complexity index is 476. The number of carboxylic acids is 1. The Morgan fingerprint density at radius 1 is 1.69 bits per heavy atom. The molecule has 0 radical (unpaired) electrons. The number of H-pyrrole nitrogens is 1. The fraction of sp³-hybridized carbons (Fsp3) is 0.273. The Labute approximate surface area is 97.0 Å². The zero-order valence-corrected chi connectivity index (χ0v) is 9.62. The Kier molecular flexibility index (Phi) is 3.05. The van der Waals surface area contributed by atoms with Gasteiger partial charge in [0.25, 0.3) is 0 Å². The van der Waals surface area contributed by atoms with Gasteiger partial charge >= 0.3 is 5.97 Å². The number of thiazole rings is 1. The van der Waals surface area contributed by atoms with Gasteiger partial charge in [-0.2, -0.15) is 0 Å². The summed E-state index contributed by atoms with van der Waals surface area (Å²) in [4.78, 5) is 18.1. The average Bonchev–Trinajstić information content (AvgIpc) is 2.85. The molecule has 2 heterocycles. The Balaban J connectivity index is 2.11. The molecule has 1 unspecified atom stereocenters.